The lowest BCUT2D eigenvalue weighted by atomic mass is 9.95. The summed E-state index contributed by atoms with van der Waals surface area (Å²) in [7, 11) is 3.16. The van der Waals surface area contributed by atoms with Crippen molar-refractivity contribution in [2.24, 2.45) is 0 Å². The van der Waals surface area contributed by atoms with Crippen LogP contribution in [0.5, 0.6) is 11.5 Å². The molecule has 1 unspecified atom stereocenters. The molecular weight excluding hydrogens is 470 g/mol. The summed E-state index contributed by atoms with van der Waals surface area (Å²) in [6.45, 7) is 3.21. The van der Waals surface area contributed by atoms with Crippen LogP contribution in [0, 0.1) is 6.92 Å². The number of ether oxygens (including phenoxy) is 3. The highest BCUT2D eigenvalue weighted by Gasteiger charge is 2.45. The van der Waals surface area contributed by atoms with Crippen LogP contribution in [0.2, 0.25) is 0 Å². The van der Waals surface area contributed by atoms with E-state index in [1.54, 1.807) is 62.8 Å². The van der Waals surface area contributed by atoms with Crippen molar-refractivity contribution in [3.63, 3.8) is 0 Å². The van der Waals surface area contributed by atoms with E-state index in [1.807, 2.05) is 25.1 Å². The molecule has 1 aliphatic heterocycles. The number of aryl methyl sites for hydroxylation is 1. The number of methoxy groups -OCH3 is 2. The number of nitrogens with zero attached hydrogens (tertiary/aromatic N) is 1. The number of carbonyl (C=O) groups is 2. The van der Waals surface area contributed by atoms with E-state index in [2.05, 4.69) is 6.07 Å². The summed E-state index contributed by atoms with van der Waals surface area (Å²) in [4.78, 5) is 27.6. The molecule has 0 aromatic heterocycles. The molecule has 1 N–H and O–H groups in total. The molecule has 1 saturated heterocycles. The van der Waals surface area contributed by atoms with Crippen molar-refractivity contribution >= 4 is 17.4 Å². The largest absolute Gasteiger partial charge is 0.507 e. The molecule has 7 heteroatoms. The van der Waals surface area contributed by atoms with Crippen LogP contribution < -0.4 is 9.47 Å². The van der Waals surface area contributed by atoms with E-state index < -0.39 is 17.7 Å². The first-order valence-electron chi connectivity index (χ1n) is 12.1. The molecule has 3 aromatic carbocycles. The summed E-state index contributed by atoms with van der Waals surface area (Å²) >= 11 is 0. The maximum Gasteiger partial charge on any atom is 0.295 e. The summed E-state index contributed by atoms with van der Waals surface area (Å²) in [5, 5.41) is 11.2. The lowest BCUT2D eigenvalue weighted by molar-refractivity contribution is -0.140. The first-order chi connectivity index (χ1) is 17.9. The lowest BCUT2D eigenvalue weighted by Gasteiger charge is -2.25. The number of aliphatic hydroxyl groups excluding tert-OH is 1. The maximum absolute atomic E-state index is 13.1. The van der Waals surface area contributed by atoms with Crippen LogP contribution in [-0.2, 0) is 20.9 Å². The number of benzene rings is 3. The summed E-state index contributed by atoms with van der Waals surface area (Å²) < 4.78 is 16.3. The van der Waals surface area contributed by atoms with Gasteiger partial charge in [0.2, 0.25) is 0 Å². The van der Waals surface area contributed by atoms with Crippen LogP contribution in [0.15, 0.2) is 78.4 Å². The Morgan fingerprint density at radius 3 is 2.30 bits per heavy atom. The van der Waals surface area contributed by atoms with Gasteiger partial charge in [-0.1, -0.05) is 42.0 Å². The molecule has 0 aliphatic carbocycles. The Balaban J connectivity index is 1.63. The number of carbonyl (C=O) groups excluding carboxylic acids is 2. The second-order valence-electron chi connectivity index (χ2n) is 8.91. The Labute approximate surface area is 216 Å². The van der Waals surface area contributed by atoms with Crippen LogP contribution >= 0.6 is 0 Å². The third-order valence-electron chi connectivity index (χ3n) is 6.33. The number of hydrogen-bond acceptors (Lipinski definition) is 6. The fourth-order valence-electron chi connectivity index (χ4n) is 4.46. The van der Waals surface area contributed by atoms with E-state index in [9.17, 15) is 14.7 Å². The molecule has 0 radical (unpaired) electrons. The molecule has 192 valence electrons. The number of Topliss-reactive ketones (excluding diaryl/α,β-unsaturated/α-hetero) is 1. The van der Waals surface area contributed by atoms with E-state index in [-0.39, 0.29) is 11.3 Å². The summed E-state index contributed by atoms with van der Waals surface area (Å²) in [6, 6.07) is 21.3. The first kappa shape index (κ1) is 26.0. The number of aliphatic hydroxyl groups is 1. The van der Waals surface area contributed by atoms with Gasteiger partial charge in [-0.05, 0) is 60.9 Å². The molecule has 3 aromatic rings. The van der Waals surface area contributed by atoms with E-state index in [0.717, 1.165) is 11.1 Å². The van der Waals surface area contributed by atoms with Gasteiger partial charge in [0.05, 0.1) is 18.7 Å². The smallest absolute Gasteiger partial charge is 0.295 e. The SMILES string of the molecule is COCCCN1C(=O)C(=O)/C(=C(/O)c2ccc(OCc3cccc(C)c3)cc2)C1c1ccc(OC)cc1. The molecule has 1 atom stereocenters. The minimum absolute atomic E-state index is 0.0565. The van der Waals surface area contributed by atoms with E-state index in [0.29, 0.717) is 48.8 Å². The minimum Gasteiger partial charge on any atom is -0.507 e. The van der Waals surface area contributed by atoms with Crippen molar-refractivity contribution in [3.05, 3.63) is 101 Å². The van der Waals surface area contributed by atoms with Crippen molar-refractivity contribution in [2.75, 3.05) is 27.4 Å². The number of hydrogen-bond donors (Lipinski definition) is 1. The normalized spacial score (nSPS) is 16.7. The molecule has 1 fully saturated rings. The van der Waals surface area contributed by atoms with E-state index in [4.69, 9.17) is 14.2 Å². The highest BCUT2D eigenvalue weighted by atomic mass is 16.5. The summed E-state index contributed by atoms with van der Waals surface area (Å²) in [5.41, 5.74) is 3.40. The minimum atomic E-state index is -0.722. The Morgan fingerprint density at radius 2 is 1.65 bits per heavy atom. The van der Waals surface area contributed by atoms with Gasteiger partial charge in [0.25, 0.3) is 11.7 Å². The zero-order valence-electron chi connectivity index (χ0n) is 21.3. The van der Waals surface area contributed by atoms with Gasteiger partial charge in [-0.25, -0.2) is 0 Å². The average Bonchev–Trinajstić information content (AvgIpc) is 3.17. The zero-order valence-corrected chi connectivity index (χ0v) is 21.3. The van der Waals surface area contributed by atoms with Crippen molar-refractivity contribution < 1.29 is 28.9 Å². The quantitative estimate of drug-likeness (QED) is 0.181. The molecule has 0 bridgehead atoms. The predicted molar refractivity (Wildman–Crippen MR) is 140 cm³/mol. The molecule has 0 saturated carbocycles. The van der Waals surface area contributed by atoms with Gasteiger partial charge < -0.3 is 24.2 Å². The van der Waals surface area contributed by atoms with Crippen LogP contribution in [0.1, 0.15) is 34.7 Å². The molecule has 1 heterocycles. The van der Waals surface area contributed by atoms with Gasteiger partial charge in [0.1, 0.15) is 23.9 Å². The Morgan fingerprint density at radius 1 is 0.946 bits per heavy atom. The molecule has 7 nitrogen and oxygen atoms in total. The average molecular weight is 502 g/mol. The second kappa shape index (κ2) is 11.8. The third kappa shape index (κ3) is 5.84. The molecule has 1 aliphatic rings. The van der Waals surface area contributed by atoms with Crippen LogP contribution in [0.4, 0.5) is 0 Å². The third-order valence-corrected chi connectivity index (χ3v) is 6.33. The monoisotopic (exact) mass is 501 g/mol. The lowest BCUT2D eigenvalue weighted by Crippen LogP contribution is -2.31. The number of amides is 1. The highest BCUT2D eigenvalue weighted by Crippen LogP contribution is 2.40. The molecule has 0 spiro atoms. The predicted octanol–water partition coefficient (Wildman–Crippen LogP) is 5.04. The van der Waals surface area contributed by atoms with Crippen LogP contribution in [0.25, 0.3) is 5.76 Å². The Kier molecular flexibility index (Phi) is 8.25. The van der Waals surface area contributed by atoms with Gasteiger partial charge in [-0.2, -0.15) is 0 Å². The van der Waals surface area contributed by atoms with Crippen molar-refractivity contribution in [3.8, 4) is 11.5 Å². The van der Waals surface area contributed by atoms with Crippen LogP contribution in [0.3, 0.4) is 0 Å². The molecule has 4 rings (SSSR count). The van der Waals surface area contributed by atoms with Gasteiger partial charge in [-0.15, -0.1) is 0 Å². The summed E-state index contributed by atoms with van der Waals surface area (Å²) in [6.07, 6.45) is 0.559. The highest BCUT2D eigenvalue weighted by molar-refractivity contribution is 6.46. The molecular formula is C30H31NO6. The number of rotatable bonds is 10. The number of ketones is 1. The first-order valence-corrected chi connectivity index (χ1v) is 12.1. The topological polar surface area (TPSA) is 85.3 Å². The summed E-state index contributed by atoms with van der Waals surface area (Å²) in [5.74, 6) is -0.295. The zero-order chi connectivity index (χ0) is 26.4. The second-order valence-corrected chi connectivity index (χ2v) is 8.91. The van der Waals surface area contributed by atoms with Crippen molar-refractivity contribution in [1.82, 2.24) is 4.90 Å². The van der Waals surface area contributed by atoms with Crippen molar-refractivity contribution in [2.45, 2.75) is 26.0 Å². The van der Waals surface area contributed by atoms with Gasteiger partial charge >= 0.3 is 0 Å². The van der Waals surface area contributed by atoms with Crippen molar-refractivity contribution in [1.29, 1.82) is 0 Å². The maximum atomic E-state index is 13.1. The van der Waals surface area contributed by atoms with Crippen LogP contribution in [-0.4, -0.2) is 49.1 Å². The fraction of sp³-hybridized carbons (Fsp3) is 0.267. The van der Waals surface area contributed by atoms with Gasteiger partial charge in [-0.3, -0.25) is 9.59 Å². The Hall–Kier alpha value is -4.10. The molecule has 37 heavy (non-hydrogen) atoms. The van der Waals surface area contributed by atoms with E-state index in [1.165, 1.54) is 4.90 Å². The van der Waals surface area contributed by atoms with Gasteiger partial charge in [0, 0.05) is 25.8 Å². The van der Waals surface area contributed by atoms with Gasteiger partial charge in [0.15, 0.2) is 0 Å². The molecule has 1 amide bonds. The number of likely N-dealkylation sites (tertiary alicyclic amines) is 1. The van der Waals surface area contributed by atoms with E-state index >= 15 is 0 Å². The fourth-order valence-corrected chi connectivity index (χ4v) is 4.46. The standard InChI is InChI=1S/C30H31NO6/c1-20-6-4-7-21(18-20)19-37-25-14-10-23(11-15-25)28(32)26-27(22-8-12-24(36-3)13-9-22)31(16-5-17-35-2)30(34)29(26)33/h4,6-15,18,27,32H,5,16-17,19H2,1-3H3/b28-26+. The Bertz CT molecular complexity index is 1280.